The predicted octanol–water partition coefficient (Wildman–Crippen LogP) is 3.22. The number of rotatable bonds is 8. The van der Waals surface area contributed by atoms with Crippen LogP contribution in [0.4, 0.5) is 5.69 Å². The quantitative estimate of drug-likeness (QED) is 0.709. The fraction of sp³-hybridized carbons (Fsp3) is 0.600. The number of hydrogen-bond donors (Lipinski definition) is 2. The molecule has 1 aliphatic rings. The number of halogens is 1. The van der Waals surface area contributed by atoms with Gasteiger partial charge in [-0.15, -0.1) is 0 Å². The van der Waals surface area contributed by atoms with Crippen LogP contribution in [0.5, 0.6) is 5.75 Å². The summed E-state index contributed by atoms with van der Waals surface area (Å²) in [6.07, 6.45) is 3.54. The van der Waals surface area contributed by atoms with Crippen LogP contribution in [0.1, 0.15) is 38.2 Å². The second-order valence-corrected chi connectivity index (χ2v) is 7.55. The highest BCUT2D eigenvalue weighted by Crippen LogP contribution is 2.31. The number of aryl methyl sites for hydroxylation is 1. The minimum Gasteiger partial charge on any atom is -0.495 e. The van der Waals surface area contributed by atoms with Gasteiger partial charge in [-0.2, -0.15) is 0 Å². The first-order valence-electron chi connectivity index (χ1n) is 9.56. The smallest absolute Gasteiger partial charge is 0.238 e. The number of anilines is 1. The Labute approximate surface area is 166 Å². The van der Waals surface area contributed by atoms with Crippen LogP contribution in [0, 0.1) is 12.8 Å². The molecule has 1 unspecified atom stereocenters. The van der Waals surface area contributed by atoms with Crippen LogP contribution in [0.25, 0.3) is 0 Å². The highest BCUT2D eigenvalue weighted by atomic mass is 35.5. The second kappa shape index (κ2) is 10.5. The fourth-order valence-corrected chi connectivity index (χ4v) is 3.51. The first kappa shape index (κ1) is 21.5. The van der Waals surface area contributed by atoms with Gasteiger partial charge in [0.2, 0.25) is 11.8 Å². The molecule has 2 rings (SSSR count). The molecule has 1 atom stereocenters. The molecule has 0 saturated carbocycles. The lowest BCUT2D eigenvalue weighted by molar-refractivity contribution is -0.121. The summed E-state index contributed by atoms with van der Waals surface area (Å²) >= 11 is 6.11. The van der Waals surface area contributed by atoms with E-state index in [9.17, 15) is 9.59 Å². The summed E-state index contributed by atoms with van der Waals surface area (Å²) in [5.41, 5.74) is 1.51. The maximum absolute atomic E-state index is 12.5. The van der Waals surface area contributed by atoms with Gasteiger partial charge in [0.25, 0.3) is 0 Å². The van der Waals surface area contributed by atoms with Gasteiger partial charge in [-0.05, 0) is 50.3 Å². The molecule has 0 spiro atoms. The van der Waals surface area contributed by atoms with Crippen molar-refractivity contribution in [1.29, 1.82) is 0 Å². The molecule has 1 aromatic rings. The third-order valence-corrected chi connectivity index (χ3v) is 5.20. The second-order valence-electron chi connectivity index (χ2n) is 7.15. The summed E-state index contributed by atoms with van der Waals surface area (Å²) in [5.74, 6) is 0.969. The van der Waals surface area contributed by atoms with E-state index in [4.69, 9.17) is 16.3 Å². The SMILES string of the molecule is CCCC(=O)NCC1CCCN(CC(=O)Nc2cc(C)c(Cl)cc2OC)C1. The average Bonchev–Trinajstić information content (AvgIpc) is 2.63. The maximum atomic E-state index is 12.5. The van der Waals surface area contributed by atoms with E-state index in [1.54, 1.807) is 13.2 Å². The lowest BCUT2D eigenvalue weighted by atomic mass is 9.98. The topological polar surface area (TPSA) is 70.7 Å². The Balaban J connectivity index is 1.86. The van der Waals surface area contributed by atoms with E-state index in [1.165, 1.54) is 0 Å². The summed E-state index contributed by atoms with van der Waals surface area (Å²) in [6.45, 7) is 6.60. The van der Waals surface area contributed by atoms with Crippen molar-refractivity contribution in [2.45, 2.75) is 39.5 Å². The van der Waals surface area contributed by atoms with Gasteiger partial charge >= 0.3 is 0 Å². The van der Waals surface area contributed by atoms with Crippen molar-refractivity contribution in [2.24, 2.45) is 5.92 Å². The summed E-state index contributed by atoms with van der Waals surface area (Å²) in [5, 5.41) is 6.53. The minimum absolute atomic E-state index is 0.0781. The zero-order chi connectivity index (χ0) is 19.8. The summed E-state index contributed by atoms with van der Waals surface area (Å²) in [4.78, 5) is 26.3. The zero-order valence-electron chi connectivity index (χ0n) is 16.4. The van der Waals surface area contributed by atoms with E-state index in [0.717, 1.165) is 37.9 Å². The molecule has 6 nitrogen and oxygen atoms in total. The molecular weight excluding hydrogens is 366 g/mol. The zero-order valence-corrected chi connectivity index (χ0v) is 17.2. The standard InChI is InChI=1S/C20H30ClN3O3/c1-4-6-19(25)22-11-15-7-5-8-24(12-15)13-20(26)23-17-9-14(2)16(21)10-18(17)27-3/h9-10,15H,4-8,11-13H2,1-3H3,(H,22,25)(H,23,26). The number of nitrogens with zero attached hydrogens (tertiary/aromatic N) is 1. The number of carbonyl (C=O) groups is 2. The number of carbonyl (C=O) groups excluding carboxylic acids is 2. The van der Waals surface area contributed by atoms with Gasteiger partial charge < -0.3 is 15.4 Å². The Morgan fingerprint density at radius 1 is 1.33 bits per heavy atom. The van der Waals surface area contributed by atoms with Gasteiger partial charge in [0, 0.05) is 30.6 Å². The molecule has 0 radical (unpaired) electrons. The largest absolute Gasteiger partial charge is 0.495 e. The highest BCUT2D eigenvalue weighted by molar-refractivity contribution is 6.31. The number of ether oxygens (including phenoxy) is 1. The highest BCUT2D eigenvalue weighted by Gasteiger charge is 2.22. The van der Waals surface area contributed by atoms with Crippen molar-refractivity contribution in [3.05, 3.63) is 22.7 Å². The molecule has 1 aliphatic heterocycles. The van der Waals surface area contributed by atoms with Crippen molar-refractivity contribution in [2.75, 3.05) is 38.6 Å². The molecule has 1 aromatic carbocycles. The van der Waals surface area contributed by atoms with Gasteiger partial charge in [-0.25, -0.2) is 0 Å². The Bertz CT molecular complexity index is 666. The first-order chi connectivity index (χ1) is 12.9. The minimum atomic E-state index is -0.0781. The molecule has 1 heterocycles. The molecule has 0 bridgehead atoms. The first-order valence-corrected chi connectivity index (χ1v) is 9.93. The Hall–Kier alpha value is -1.79. The molecule has 1 saturated heterocycles. The number of piperidine rings is 1. The number of hydrogen-bond acceptors (Lipinski definition) is 4. The molecule has 2 N–H and O–H groups in total. The summed E-state index contributed by atoms with van der Waals surface area (Å²) in [6, 6.07) is 3.53. The number of amides is 2. The molecule has 2 amide bonds. The van der Waals surface area contributed by atoms with E-state index in [0.29, 0.717) is 41.9 Å². The van der Waals surface area contributed by atoms with Crippen molar-refractivity contribution >= 4 is 29.1 Å². The lowest BCUT2D eigenvalue weighted by Gasteiger charge is -2.32. The van der Waals surface area contributed by atoms with E-state index >= 15 is 0 Å². The van der Waals surface area contributed by atoms with E-state index < -0.39 is 0 Å². The van der Waals surface area contributed by atoms with E-state index in [1.807, 2.05) is 19.9 Å². The molecule has 0 aromatic heterocycles. The third kappa shape index (κ3) is 6.70. The van der Waals surface area contributed by atoms with Crippen LogP contribution in [0.2, 0.25) is 5.02 Å². The maximum Gasteiger partial charge on any atom is 0.238 e. The van der Waals surface area contributed by atoms with E-state index in [2.05, 4.69) is 15.5 Å². The summed E-state index contributed by atoms with van der Waals surface area (Å²) < 4.78 is 5.31. The molecule has 7 heteroatoms. The molecule has 150 valence electrons. The van der Waals surface area contributed by atoms with Crippen LogP contribution in [-0.4, -0.2) is 50.0 Å². The fourth-order valence-electron chi connectivity index (χ4n) is 3.36. The van der Waals surface area contributed by atoms with Gasteiger partial charge in [-0.3, -0.25) is 14.5 Å². The normalized spacial score (nSPS) is 17.4. The van der Waals surface area contributed by atoms with Crippen molar-refractivity contribution in [3.8, 4) is 5.75 Å². The van der Waals surface area contributed by atoms with Gasteiger partial charge in [0.15, 0.2) is 0 Å². The lowest BCUT2D eigenvalue weighted by Crippen LogP contribution is -2.43. The molecule has 27 heavy (non-hydrogen) atoms. The van der Waals surface area contributed by atoms with E-state index in [-0.39, 0.29) is 11.8 Å². The van der Waals surface area contributed by atoms with Crippen LogP contribution in [-0.2, 0) is 9.59 Å². The van der Waals surface area contributed by atoms with Crippen molar-refractivity contribution in [3.63, 3.8) is 0 Å². The summed E-state index contributed by atoms with van der Waals surface area (Å²) in [7, 11) is 1.55. The van der Waals surface area contributed by atoms with Gasteiger partial charge in [-0.1, -0.05) is 18.5 Å². The van der Waals surface area contributed by atoms with Crippen LogP contribution in [0.3, 0.4) is 0 Å². The van der Waals surface area contributed by atoms with Crippen LogP contribution in [0.15, 0.2) is 12.1 Å². The average molecular weight is 396 g/mol. The van der Waals surface area contributed by atoms with Crippen molar-refractivity contribution < 1.29 is 14.3 Å². The number of likely N-dealkylation sites (tertiary alicyclic amines) is 1. The predicted molar refractivity (Wildman–Crippen MR) is 108 cm³/mol. The number of benzene rings is 1. The Morgan fingerprint density at radius 3 is 2.81 bits per heavy atom. The molecule has 0 aliphatic carbocycles. The third-order valence-electron chi connectivity index (χ3n) is 4.79. The Morgan fingerprint density at radius 2 is 2.11 bits per heavy atom. The Kier molecular flexibility index (Phi) is 8.38. The molecule has 1 fully saturated rings. The van der Waals surface area contributed by atoms with Gasteiger partial charge in [0.05, 0.1) is 19.3 Å². The van der Waals surface area contributed by atoms with Crippen molar-refractivity contribution in [1.82, 2.24) is 10.2 Å². The monoisotopic (exact) mass is 395 g/mol. The molecular formula is C20H30ClN3O3. The number of methoxy groups -OCH3 is 1. The van der Waals surface area contributed by atoms with Crippen LogP contribution >= 0.6 is 11.6 Å². The van der Waals surface area contributed by atoms with Crippen LogP contribution < -0.4 is 15.4 Å². The number of nitrogens with one attached hydrogen (secondary N) is 2. The van der Waals surface area contributed by atoms with Gasteiger partial charge in [0.1, 0.15) is 5.75 Å².